The molecule has 3 aromatic rings. The molecule has 0 bridgehead atoms. The first-order valence-electron chi connectivity index (χ1n) is 10.2. The second kappa shape index (κ2) is 11.5. The van der Waals surface area contributed by atoms with Gasteiger partial charge in [-0.05, 0) is 30.2 Å². The zero-order valence-corrected chi connectivity index (χ0v) is 18.7. The van der Waals surface area contributed by atoms with Crippen LogP contribution in [0.15, 0.2) is 83.8 Å². The van der Waals surface area contributed by atoms with Gasteiger partial charge in [0.15, 0.2) is 6.61 Å². The number of sulfonamides is 1. The van der Waals surface area contributed by atoms with E-state index in [-0.39, 0.29) is 18.5 Å². The van der Waals surface area contributed by atoms with Crippen molar-refractivity contribution >= 4 is 21.9 Å². The maximum atomic E-state index is 14.1. The van der Waals surface area contributed by atoms with Crippen LogP contribution in [0.2, 0.25) is 0 Å². The molecular weight excluding hydrogens is 466 g/mol. The van der Waals surface area contributed by atoms with Crippen molar-refractivity contribution in [2.75, 3.05) is 6.61 Å². The highest BCUT2D eigenvalue weighted by molar-refractivity contribution is 7.89. The van der Waals surface area contributed by atoms with Gasteiger partial charge >= 0.3 is 5.97 Å². The molecule has 0 fully saturated rings. The Bertz CT molecular complexity index is 1250. The molecule has 0 aliphatic heterocycles. The number of hydrogen-bond donors (Lipinski definition) is 2. The van der Waals surface area contributed by atoms with Gasteiger partial charge in [-0.2, -0.15) is 4.72 Å². The maximum absolute atomic E-state index is 14.1. The molecule has 3 rings (SSSR count). The Balaban J connectivity index is 1.67. The van der Waals surface area contributed by atoms with Gasteiger partial charge in [-0.25, -0.2) is 17.2 Å². The van der Waals surface area contributed by atoms with Crippen molar-refractivity contribution in [2.45, 2.75) is 23.9 Å². The summed E-state index contributed by atoms with van der Waals surface area (Å²) in [5.41, 5.74) is 0.867. The van der Waals surface area contributed by atoms with Crippen molar-refractivity contribution in [3.63, 3.8) is 0 Å². The monoisotopic (exact) mass is 488 g/mol. The smallest absolute Gasteiger partial charge is 0.325 e. The average molecular weight is 489 g/mol. The highest BCUT2D eigenvalue weighted by Crippen LogP contribution is 2.15. The fraction of sp³-hybridized carbons (Fsp3) is 0.167. The van der Waals surface area contributed by atoms with E-state index < -0.39 is 51.1 Å². The quantitative estimate of drug-likeness (QED) is 0.428. The molecule has 0 radical (unpaired) electrons. The number of benzene rings is 3. The number of nitrogens with one attached hydrogen (secondary N) is 2. The van der Waals surface area contributed by atoms with Gasteiger partial charge in [0.25, 0.3) is 5.91 Å². The van der Waals surface area contributed by atoms with Crippen molar-refractivity contribution < 1.29 is 31.5 Å². The van der Waals surface area contributed by atoms with Crippen LogP contribution >= 0.6 is 0 Å². The molecule has 2 N–H and O–H groups in total. The van der Waals surface area contributed by atoms with Gasteiger partial charge in [0.05, 0.1) is 0 Å². The number of ether oxygens (including phenoxy) is 1. The SMILES string of the molecule is O=C(COC(=O)[C@H](Cc1ccccc1)NS(=O)(=O)c1ccccc1F)NCc1ccccc1F. The zero-order valence-electron chi connectivity index (χ0n) is 17.9. The number of halogens is 2. The van der Waals surface area contributed by atoms with E-state index in [2.05, 4.69) is 10.0 Å². The molecule has 0 saturated heterocycles. The second-order valence-electron chi connectivity index (χ2n) is 7.27. The van der Waals surface area contributed by atoms with Crippen LogP contribution in [-0.4, -0.2) is 32.9 Å². The summed E-state index contributed by atoms with van der Waals surface area (Å²) in [6.07, 6.45) is -0.0931. The Hall–Kier alpha value is -3.63. The normalized spacial score (nSPS) is 12.1. The standard InChI is InChI=1S/C24H22F2N2O5S/c25-19-11-5-4-10-18(19)15-27-23(29)16-33-24(30)21(14-17-8-2-1-3-9-17)28-34(31,32)22-13-7-6-12-20(22)26/h1-13,21,28H,14-16H2,(H,27,29)/t21-/m0/s1. The number of esters is 1. The first-order chi connectivity index (χ1) is 16.3. The lowest BCUT2D eigenvalue weighted by Crippen LogP contribution is -2.44. The third-order valence-electron chi connectivity index (χ3n) is 4.77. The van der Waals surface area contributed by atoms with E-state index in [4.69, 9.17) is 4.74 Å². The van der Waals surface area contributed by atoms with Gasteiger partial charge in [-0.1, -0.05) is 60.7 Å². The molecule has 0 aromatic heterocycles. The first-order valence-corrected chi connectivity index (χ1v) is 11.7. The van der Waals surface area contributed by atoms with Crippen LogP contribution < -0.4 is 10.0 Å². The van der Waals surface area contributed by atoms with Crippen molar-refractivity contribution in [2.24, 2.45) is 0 Å². The van der Waals surface area contributed by atoms with Crippen LogP contribution in [0.3, 0.4) is 0 Å². The molecule has 0 aliphatic carbocycles. The first kappa shape index (κ1) is 25.0. The molecule has 7 nitrogen and oxygen atoms in total. The predicted octanol–water partition coefficient (Wildman–Crippen LogP) is 2.71. The predicted molar refractivity (Wildman–Crippen MR) is 120 cm³/mol. The molecule has 3 aromatic carbocycles. The van der Waals surface area contributed by atoms with Gasteiger partial charge in [0, 0.05) is 12.1 Å². The summed E-state index contributed by atoms with van der Waals surface area (Å²) in [6, 6.07) is 17.7. The molecule has 0 spiro atoms. The molecule has 0 heterocycles. The lowest BCUT2D eigenvalue weighted by atomic mass is 10.1. The summed E-state index contributed by atoms with van der Waals surface area (Å²) >= 11 is 0. The van der Waals surface area contributed by atoms with Gasteiger partial charge in [0.1, 0.15) is 22.6 Å². The second-order valence-corrected chi connectivity index (χ2v) is 8.95. The number of rotatable bonds is 10. The molecular formula is C24H22F2N2O5S. The lowest BCUT2D eigenvalue weighted by Gasteiger charge is -2.18. The van der Waals surface area contributed by atoms with E-state index >= 15 is 0 Å². The van der Waals surface area contributed by atoms with E-state index in [1.54, 1.807) is 36.4 Å². The summed E-state index contributed by atoms with van der Waals surface area (Å²) in [5, 5.41) is 2.42. The molecule has 34 heavy (non-hydrogen) atoms. The Labute approximate surface area is 195 Å². The van der Waals surface area contributed by atoms with Crippen molar-refractivity contribution in [1.82, 2.24) is 10.0 Å². The maximum Gasteiger partial charge on any atom is 0.325 e. The summed E-state index contributed by atoms with van der Waals surface area (Å²) in [6.45, 7) is -0.823. The Kier molecular flexibility index (Phi) is 8.44. The van der Waals surface area contributed by atoms with Crippen LogP contribution in [0.5, 0.6) is 0 Å². The van der Waals surface area contributed by atoms with E-state index in [0.29, 0.717) is 5.56 Å². The molecule has 1 amide bonds. The van der Waals surface area contributed by atoms with Crippen LogP contribution in [-0.2, 0) is 37.3 Å². The number of amides is 1. The zero-order chi connectivity index (χ0) is 24.6. The number of carbonyl (C=O) groups excluding carboxylic acids is 2. The minimum absolute atomic E-state index is 0.0931. The molecule has 178 valence electrons. The summed E-state index contributed by atoms with van der Waals surface area (Å²) in [7, 11) is -4.41. The minimum Gasteiger partial charge on any atom is -0.454 e. The summed E-state index contributed by atoms with van der Waals surface area (Å²) < 4.78 is 60.3. The van der Waals surface area contributed by atoms with Gasteiger partial charge in [-0.3, -0.25) is 9.59 Å². The topological polar surface area (TPSA) is 102 Å². The van der Waals surface area contributed by atoms with E-state index in [1.807, 2.05) is 0 Å². The van der Waals surface area contributed by atoms with Crippen molar-refractivity contribution in [3.05, 3.63) is 102 Å². The van der Waals surface area contributed by atoms with Gasteiger partial charge < -0.3 is 10.1 Å². The van der Waals surface area contributed by atoms with Gasteiger partial charge in [0.2, 0.25) is 10.0 Å². The number of hydrogen-bond acceptors (Lipinski definition) is 5. The third kappa shape index (κ3) is 6.93. The van der Waals surface area contributed by atoms with Gasteiger partial charge in [-0.15, -0.1) is 0 Å². The molecule has 1 atom stereocenters. The average Bonchev–Trinajstić information content (AvgIpc) is 2.82. The fourth-order valence-electron chi connectivity index (χ4n) is 3.06. The molecule has 0 unspecified atom stereocenters. The molecule has 0 aliphatic rings. The lowest BCUT2D eigenvalue weighted by molar-refractivity contribution is -0.150. The van der Waals surface area contributed by atoms with Crippen LogP contribution in [0.25, 0.3) is 0 Å². The Morgan fingerprint density at radius 1 is 0.853 bits per heavy atom. The number of carbonyl (C=O) groups is 2. The molecule has 10 heteroatoms. The van der Waals surface area contributed by atoms with E-state index in [1.165, 1.54) is 30.3 Å². The van der Waals surface area contributed by atoms with Crippen LogP contribution in [0.1, 0.15) is 11.1 Å². The highest BCUT2D eigenvalue weighted by Gasteiger charge is 2.29. The van der Waals surface area contributed by atoms with Crippen LogP contribution in [0, 0.1) is 11.6 Å². The van der Waals surface area contributed by atoms with Crippen molar-refractivity contribution in [3.8, 4) is 0 Å². The van der Waals surface area contributed by atoms with E-state index in [9.17, 15) is 26.8 Å². The summed E-state index contributed by atoms with van der Waals surface area (Å²) in [5.74, 6) is -3.20. The Morgan fingerprint density at radius 2 is 1.47 bits per heavy atom. The molecule has 0 saturated carbocycles. The van der Waals surface area contributed by atoms with Crippen LogP contribution in [0.4, 0.5) is 8.78 Å². The third-order valence-corrected chi connectivity index (χ3v) is 6.28. The minimum atomic E-state index is -4.41. The highest BCUT2D eigenvalue weighted by atomic mass is 32.2. The summed E-state index contributed by atoms with van der Waals surface area (Å²) in [4.78, 5) is 24.1. The van der Waals surface area contributed by atoms with Crippen molar-refractivity contribution in [1.29, 1.82) is 0 Å². The van der Waals surface area contributed by atoms with E-state index in [0.717, 1.165) is 12.1 Å². The fourth-order valence-corrected chi connectivity index (χ4v) is 4.32. The Morgan fingerprint density at radius 3 is 2.15 bits per heavy atom. The largest absolute Gasteiger partial charge is 0.454 e.